The monoisotopic (exact) mass is 389 g/mol. The van der Waals surface area contributed by atoms with Gasteiger partial charge < -0.3 is 14.6 Å². The molecule has 0 saturated carbocycles. The highest BCUT2D eigenvalue weighted by Gasteiger charge is 2.25. The first-order valence-corrected chi connectivity index (χ1v) is 10.0. The van der Waals surface area contributed by atoms with Crippen LogP contribution in [0.15, 0.2) is 29.1 Å². The SMILES string of the molecule is C[C@@H]1CN(C(=O)CCCCCn2c(=S)[nH]c3ccccc3c2=O)C[C@H](C)O1. The lowest BCUT2D eigenvalue weighted by molar-refractivity contribution is -0.143. The van der Waals surface area contributed by atoms with E-state index in [0.29, 0.717) is 36.2 Å². The van der Waals surface area contributed by atoms with E-state index in [1.807, 2.05) is 43.0 Å². The summed E-state index contributed by atoms with van der Waals surface area (Å²) in [5.74, 6) is 0.192. The predicted octanol–water partition coefficient (Wildman–Crippen LogP) is 3.26. The highest BCUT2D eigenvalue weighted by molar-refractivity contribution is 7.71. The number of aromatic nitrogens is 2. The van der Waals surface area contributed by atoms with Crippen molar-refractivity contribution in [3.63, 3.8) is 0 Å². The Kier molecular flexibility index (Phi) is 6.44. The lowest BCUT2D eigenvalue weighted by Gasteiger charge is -2.35. The predicted molar refractivity (Wildman–Crippen MR) is 108 cm³/mol. The first kappa shape index (κ1) is 19.8. The van der Waals surface area contributed by atoms with E-state index in [1.165, 1.54) is 0 Å². The first-order chi connectivity index (χ1) is 13.0. The molecular weight excluding hydrogens is 362 g/mol. The molecule has 27 heavy (non-hydrogen) atoms. The van der Waals surface area contributed by atoms with Gasteiger partial charge in [-0.25, -0.2) is 0 Å². The summed E-state index contributed by atoms with van der Waals surface area (Å²) in [5.41, 5.74) is 0.713. The van der Waals surface area contributed by atoms with Crippen LogP contribution in [0, 0.1) is 4.77 Å². The van der Waals surface area contributed by atoms with Gasteiger partial charge in [0.15, 0.2) is 4.77 Å². The minimum atomic E-state index is -0.0540. The lowest BCUT2D eigenvalue weighted by Crippen LogP contribution is -2.48. The van der Waals surface area contributed by atoms with Crippen LogP contribution in [-0.2, 0) is 16.1 Å². The molecule has 2 heterocycles. The van der Waals surface area contributed by atoms with Gasteiger partial charge in [-0.1, -0.05) is 18.6 Å². The smallest absolute Gasteiger partial charge is 0.262 e. The molecule has 1 aliphatic heterocycles. The van der Waals surface area contributed by atoms with E-state index < -0.39 is 0 Å². The van der Waals surface area contributed by atoms with Gasteiger partial charge in [0.2, 0.25) is 5.91 Å². The summed E-state index contributed by atoms with van der Waals surface area (Å²) in [5, 5.41) is 0.650. The average molecular weight is 390 g/mol. The maximum atomic E-state index is 12.6. The first-order valence-electron chi connectivity index (χ1n) is 9.61. The topological polar surface area (TPSA) is 67.3 Å². The number of amides is 1. The van der Waals surface area contributed by atoms with E-state index >= 15 is 0 Å². The molecule has 0 bridgehead atoms. The second-order valence-electron chi connectivity index (χ2n) is 7.30. The number of rotatable bonds is 6. The van der Waals surface area contributed by atoms with Crippen molar-refractivity contribution in [2.75, 3.05) is 13.1 Å². The van der Waals surface area contributed by atoms with E-state index in [9.17, 15) is 9.59 Å². The Morgan fingerprint density at radius 2 is 1.89 bits per heavy atom. The van der Waals surface area contributed by atoms with Crippen LogP contribution in [-0.4, -0.2) is 45.7 Å². The number of carbonyl (C=O) groups excluding carboxylic acids is 1. The Bertz CT molecular complexity index is 911. The van der Waals surface area contributed by atoms with Gasteiger partial charge >= 0.3 is 0 Å². The average Bonchev–Trinajstić information content (AvgIpc) is 2.62. The van der Waals surface area contributed by atoms with E-state index in [0.717, 1.165) is 24.8 Å². The molecule has 2 atom stereocenters. The second kappa shape index (κ2) is 8.80. The van der Waals surface area contributed by atoms with Crippen molar-refractivity contribution < 1.29 is 9.53 Å². The van der Waals surface area contributed by atoms with Crippen LogP contribution >= 0.6 is 12.2 Å². The Morgan fingerprint density at radius 1 is 1.19 bits per heavy atom. The largest absolute Gasteiger partial charge is 0.372 e. The molecule has 3 rings (SSSR count). The summed E-state index contributed by atoms with van der Waals surface area (Å²) in [6, 6.07) is 7.40. The summed E-state index contributed by atoms with van der Waals surface area (Å²) in [6.07, 6.45) is 3.25. The molecule has 1 aromatic heterocycles. The summed E-state index contributed by atoms with van der Waals surface area (Å²) in [4.78, 5) is 30.0. The molecule has 0 spiro atoms. The molecule has 0 radical (unpaired) electrons. The molecule has 1 aromatic carbocycles. The molecule has 1 amide bonds. The Hall–Kier alpha value is -1.99. The van der Waals surface area contributed by atoms with Gasteiger partial charge in [0.05, 0.1) is 23.1 Å². The minimum Gasteiger partial charge on any atom is -0.372 e. The van der Waals surface area contributed by atoms with Gasteiger partial charge in [0, 0.05) is 26.1 Å². The van der Waals surface area contributed by atoms with Crippen LogP contribution in [0.5, 0.6) is 0 Å². The Balaban J connectivity index is 1.49. The highest BCUT2D eigenvalue weighted by Crippen LogP contribution is 2.13. The summed E-state index contributed by atoms with van der Waals surface area (Å²) < 4.78 is 7.74. The zero-order valence-corrected chi connectivity index (χ0v) is 16.8. The van der Waals surface area contributed by atoms with Gasteiger partial charge in [-0.15, -0.1) is 0 Å². The fourth-order valence-corrected chi connectivity index (χ4v) is 3.95. The molecule has 0 aliphatic carbocycles. The number of unbranched alkanes of at least 4 members (excludes halogenated alkanes) is 2. The Morgan fingerprint density at radius 3 is 2.63 bits per heavy atom. The van der Waals surface area contributed by atoms with Crippen LogP contribution < -0.4 is 5.56 Å². The fourth-order valence-electron chi connectivity index (χ4n) is 3.66. The standard InChI is InChI=1S/C20H27N3O3S/c1-14-12-22(13-15(2)26-14)18(24)10-4-3-7-11-23-19(25)16-8-5-6-9-17(16)21-20(23)27/h5-6,8-9,14-15H,3-4,7,10-13H2,1-2H3,(H,21,27)/t14-,15+. The molecule has 1 aliphatic rings. The van der Waals surface area contributed by atoms with Crippen molar-refractivity contribution in [1.82, 2.24) is 14.5 Å². The summed E-state index contributed by atoms with van der Waals surface area (Å²) in [7, 11) is 0. The van der Waals surface area contributed by atoms with Crippen molar-refractivity contribution >= 4 is 29.0 Å². The minimum absolute atomic E-state index is 0.0540. The molecule has 1 fully saturated rings. The van der Waals surface area contributed by atoms with Crippen LogP contribution in [0.4, 0.5) is 0 Å². The van der Waals surface area contributed by atoms with E-state index in [2.05, 4.69) is 4.98 Å². The van der Waals surface area contributed by atoms with Gasteiger partial charge in [-0.05, 0) is 51.0 Å². The van der Waals surface area contributed by atoms with Crippen LogP contribution in [0.25, 0.3) is 10.9 Å². The number of fused-ring (bicyclic) bond motifs is 1. The number of morpholine rings is 1. The third-order valence-electron chi connectivity index (χ3n) is 4.93. The van der Waals surface area contributed by atoms with E-state index in [1.54, 1.807) is 4.57 Å². The van der Waals surface area contributed by atoms with Crippen molar-refractivity contribution in [2.24, 2.45) is 0 Å². The third-order valence-corrected chi connectivity index (χ3v) is 5.26. The van der Waals surface area contributed by atoms with Crippen molar-refractivity contribution in [3.8, 4) is 0 Å². The van der Waals surface area contributed by atoms with Gasteiger partial charge in [-0.2, -0.15) is 0 Å². The summed E-state index contributed by atoms with van der Waals surface area (Å²) >= 11 is 5.33. The number of para-hydroxylation sites is 1. The van der Waals surface area contributed by atoms with Crippen molar-refractivity contribution in [2.45, 2.75) is 58.3 Å². The maximum Gasteiger partial charge on any atom is 0.262 e. The molecule has 2 aromatic rings. The maximum absolute atomic E-state index is 12.6. The number of nitrogens with one attached hydrogen (secondary N) is 1. The fraction of sp³-hybridized carbons (Fsp3) is 0.550. The number of benzene rings is 1. The number of hydrogen-bond acceptors (Lipinski definition) is 4. The normalized spacial score (nSPS) is 20.1. The number of hydrogen-bond donors (Lipinski definition) is 1. The van der Waals surface area contributed by atoms with Crippen LogP contribution in [0.1, 0.15) is 39.5 Å². The molecule has 6 nitrogen and oxygen atoms in total. The molecule has 146 valence electrons. The van der Waals surface area contributed by atoms with E-state index in [4.69, 9.17) is 17.0 Å². The van der Waals surface area contributed by atoms with Gasteiger partial charge in [0.1, 0.15) is 0 Å². The van der Waals surface area contributed by atoms with E-state index in [-0.39, 0.29) is 23.7 Å². The molecule has 1 N–H and O–H groups in total. The Labute approximate surface area is 164 Å². The number of H-pyrrole nitrogens is 1. The molecule has 1 saturated heterocycles. The zero-order valence-electron chi connectivity index (χ0n) is 15.9. The molecule has 7 heteroatoms. The zero-order chi connectivity index (χ0) is 19.4. The number of nitrogens with zero attached hydrogens (tertiary/aromatic N) is 2. The second-order valence-corrected chi connectivity index (χ2v) is 7.69. The molecular formula is C20H27N3O3S. The number of aromatic amines is 1. The van der Waals surface area contributed by atoms with Crippen LogP contribution in [0.2, 0.25) is 0 Å². The number of carbonyl (C=O) groups is 1. The van der Waals surface area contributed by atoms with Crippen molar-refractivity contribution in [1.29, 1.82) is 0 Å². The summed E-state index contributed by atoms with van der Waals surface area (Å²) in [6.45, 7) is 5.91. The highest BCUT2D eigenvalue weighted by atomic mass is 32.1. The third kappa shape index (κ3) is 4.84. The number of ether oxygens (including phenoxy) is 1. The van der Waals surface area contributed by atoms with Crippen LogP contribution in [0.3, 0.4) is 0 Å². The van der Waals surface area contributed by atoms with Gasteiger partial charge in [-0.3, -0.25) is 14.2 Å². The molecule has 0 unspecified atom stereocenters. The lowest BCUT2D eigenvalue weighted by atomic mass is 10.1. The van der Waals surface area contributed by atoms with Crippen molar-refractivity contribution in [3.05, 3.63) is 39.4 Å². The quantitative estimate of drug-likeness (QED) is 0.608. The van der Waals surface area contributed by atoms with Gasteiger partial charge in [0.25, 0.3) is 5.56 Å².